The van der Waals surface area contributed by atoms with E-state index < -0.39 is 0 Å². The minimum absolute atomic E-state index is 0.548. The summed E-state index contributed by atoms with van der Waals surface area (Å²) in [5, 5.41) is 0. The van der Waals surface area contributed by atoms with E-state index in [9.17, 15) is 0 Å². The molecular weight excluding hydrogens is 216 g/mol. The number of rotatable bonds is 6. The average molecular weight is 248 g/mol. The molecule has 0 aromatic heterocycles. The van der Waals surface area contributed by atoms with Crippen molar-refractivity contribution in [1.29, 1.82) is 0 Å². The Morgan fingerprint density at radius 3 is 2.22 bits per heavy atom. The van der Waals surface area contributed by atoms with Gasteiger partial charge in [0.15, 0.2) is 0 Å². The van der Waals surface area contributed by atoms with Crippen LogP contribution in [0.3, 0.4) is 0 Å². The highest BCUT2D eigenvalue weighted by atomic mass is 14.4. The minimum atomic E-state index is 0.548. The number of unbranched alkanes of at least 4 members (excludes halogenated alkanes) is 3. The summed E-state index contributed by atoms with van der Waals surface area (Å²) in [5.41, 5.74) is 0.548. The van der Waals surface area contributed by atoms with Crippen molar-refractivity contribution in [3.05, 3.63) is 6.42 Å². The van der Waals surface area contributed by atoms with Gasteiger partial charge < -0.3 is 0 Å². The monoisotopic (exact) mass is 248 g/mol. The molecule has 0 spiro atoms. The molecule has 0 aliphatic heterocycles. The van der Waals surface area contributed by atoms with Crippen LogP contribution >= 0.6 is 0 Å². The van der Waals surface area contributed by atoms with Crippen molar-refractivity contribution >= 4 is 0 Å². The lowest BCUT2D eigenvalue weighted by atomic mass is 9.59. The van der Waals surface area contributed by atoms with Crippen LogP contribution in [0.4, 0.5) is 0 Å². The van der Waals surface area contributed by atoms with Crippen molar-refractivity contribution in [2.75, 3.05) is 0 Å². The van der Waals surface area contributed by atoms with Crippen LogP contribution in [-0.2, 0) is 0 Å². The van der Waals surface area contributed by atoms with Gasteiger partial charge in [-0.15, -0.1) is 0 Å². The van der Waals surface area contributed by atoms with Gasteiger partial charge >= 0.3 is 0 Å². The zero-order valence-corrected chi connectivity index (χ0v) is 12.5. The van der Waals surface area contributed by atoms with Gasteiger partial charge in [-0.2, -0.15) is 0 Å². The normalized spacial score (nSPS) is 25.2. The second-order valence-electron chi connectivity index (χ2n) is 6.69. The third kappa shape index (κ3) is 3.75. The zero-order chi connectivity index (χ0) is 12.7. The Kier molecular flexibility index (Phi) is 6.05. The van der Waals surface area contributed by atoms with Gasteiger partial charge in [-0.05, 0) is 49.9 Å². The van der Waals surface area contributed by atoms with E-state index in [0.717, 1.165) is 5.92 Å². The predicted octanol–water partition coefficient (Wildman–Crippen LogP) is 6.18. The van der Waals surface area contributed by atoms with E-state index in [2.05, 4.69) is 13.3 Å². The lowest BCUT2D eigenvalue weighted by molar-refractivity contribution is 0.0971. The maximum Gasteiger partial charge on any atom is -0.0103 e. The summed E-state index contributed by atoms with van der Waals surface area (Å²) in [7, 11) is 0. The fourth-order valence-electron chi connectivity index (χ4n) is 4.28. The molecule has 0 atom stereocenters. The topological polar surface area (TPSA) is 0 Å². The Hall–Kier alpha value is 0. The van der Waals surface area contributed by atoms with E-state index in [-0.39, 0.29) is 0 Å². The van der Waals surface area contributed by atoms with Crippen molar-refractivity contribution in [3.8, 4) is 0 Å². The van der Waals surface area contributed by atoms with Crippen molar-refractivity contribution in [3.63, 3.8) is 0 Å². The van der Waals surface area contributed by atoms with Gasteiger partial charge in [0.1, 0.15) is 0 Å². The minimum Gasteiger partial charge on any atom is -0.0654 e. The first-order chi connectivity index (χ1) is 8.87. The highest BCUT2D eigenvalue weighted by molar-refractivity contribution is 4.99. The van der Waals surface area contributed by atoms with Crippen molar-refractivity contribution in [2.24, 2.45) is 11.3 Å². The van der Waals surface area contributed by atoms with E-state index in [1.54, 1.807) is 0 Å². The molecule has 0 saturated heterocycles. The van der Waals surface area contributed by atoms with Crippen LogP contribution in [0, 0.1) is 17.8 Å². The summed E-state index contributed by atoms with van der Waals surface area (Å²) < 4.78 is 0. The van der Waals surface area contributed by atoms with E-state index in [1.165, 1.54) is 89.9 Å². The molecule has 0 amide bonds. The molecule has 0 nitrogen and oxygen atoms in total. The Labute approximate surface area is 115 Å². The first kappa shape index (κ1) is 14.4. The van der Waals surface area contributed by atoms with Crippen LogP contribution in [0.2, 0.25) is 0 Å². The third-order valence-corrected chi connectivity index (χ3v) is 5.39. The summed E-state index contributed by atoms with van der Waals surface area (Å²) in [6.45, 7) is 2.30. The summed E-state index contributed by atoms with van der Waals surface area (Å²) in [6.07, 6.45) is 24.2. The van der Waals surface area contributed by atoms with Crippen LogP contribution in [0.25, 0.3) is 0 Å². The Bertz CT molecular complexity index is 206. The van der Waals surface area contributed by atoms with E-state index in [1.807, 2.05) is 0 Å². The molecule has 0 heteroatoms. The molecule has 0 aromatic carbocycles. The van der Waals surface area contributed by atoms with Gasteiger partial charge in [0.05, 0.1) is 0 Å². The Morgan fingerprint density at radius 2 is 1.56 bits per heavy atom. The lowest BCUT2D eigenvalue weighted by Gasteiger charge is -2.45. The van der Waals surface area contributed by atoms with Crippen LogP contribution in [0.5, 0.6) is 0 Å². The van der Waals surface area contributed by atoms with Gasteiger partial charge in [0.2, 0.25) is 0 Å². The molecule has 2 rings (SSSR count). The van der Waals surface area contributed by atoms with Crippen LogP contribution in [0.1, 0.15) is 96.8 Å². The number of hydrogen-bond donors (Lipinski definition) is 0. The van der Waals surface area contributed by atoms with Crippen molar-refractivity contribution in [1.82, 2.24) is 0 Å². The van der Waals surface area contributed by atoms with Crippen LogP contribution in [0.15, 0.2) is 0 Å². The summed E-state index contributed by atoms with van der Waals surface area (Å²) in [4.78, 5) is 0. The van der Waals surface area contributed by atoms with Crippen molar-refractivity contribution < 1.29 is 0 Å². The summed E-state index contributed by atoms with van der Waals surface area (Å²) in [5.74, 6) is 0.994. The molecule has 18 heavy (non-hydrogen) atoms. The molecule has 0 heterocycles. The smallest absolute Gasteiger partial charge is 0.0103 e. The Balaban J connectivity index is 1.88. The van der Waals surface area contributed by atoms with E-state index in [0.29, 0.717) is 5.41 Å². The highest BCUT2D eigenvalue weighted by Gasteiger charge is 2.39. The summed E-state index contributed by atoms with van der Waals surface area (Å²) >= 11 is 0. The number of hydrogen-bond acceptors (Lipinski definition) is 0. The SMILES string of the molecule is CCCCC[C]C1(C2CCCCC2)CCCCC1. The van der Waals surface area contributed by atoms with Crippen LogP contribution in [-0.4, -0.2) is 0 Å². The molecule has 0 bridgehead atoms. The van der Waals surface area contributed by atoms with Gasteiger partial charge in [-0.3, -0.25) is 0 Å². The Morgan fingerprint density at radius 1 is 0.889 bits per heavy atom. The molecule has 2 aliphatic rings. The van der Waals surface area contributed by atoms with Crippen molar-refractivity contribution in [2.45, 2.75) is 96.8 Å². The first-order valence-corrected chi connectivity index (χ1v) is 8.62. The predicted molar refractivity (Wildman–Crippen MR) is 79.5 cm³/mol. The third-order valence-electron chi connectivity index (χ3n) is 5.39. The second kappa shape index (κ2) is 7.56. The fourth-order valence-corrected chi connectivity index (χ4v) is 4.28. The average Bonchev–Trinajstić information content (AvgIpc) is 2.46. The molecule has 2 radical (unpaired) electrons. The molecule has 2 saturated carbocycles. The second-order valence-corrected chi connectivity index (χ2v) is 6.69. The lowest BCUT2D eigenvalue weighted by Crippen LogP contribution is -2.35. The molecule has 0 N–H and O–H groups in total. The van der Waals surface area contributed by atoms with Gasteiger partial charge in [0.25, 0.3) is 0 Å². The van der Waals surface area contributed by atoms with Gasteiger partial charge in [0, 0.05) is 0 Å². The maximum absolute atomic E-state index is 4.04. The summed E-state index contributed by atoms with van der Waals surface area (Å²) in [6, 6.07) is 0. The van der Waals surface area contributed by atoms with E-state index in [4.69, 9.17) is 0 Å². The maximum atomic E-state index is 4.04. The first-order valence-electron chi connectivity index (χ1n) is 8.62. The quantitative estimate of drug-likeness (QED) is 0.492. The highest BCUT2D eigenvalue weighted by Crippen LogP contribution is 2.50. The zero-order valence-electron chi connectivity index (χ0n) is 12.5. The molecule has 0 aromatic rings. The van der Waals surface area contributed by atoms with Gasteiger partial charge in [-0.1, -0.05) is 64.7 Å². The van der Waals surface area contributed by atoms with E-state index >= 15 is 0 Å². The molecule has 0 unspecified atom stereocenters. The fraction of sp³-hybridized carbons (Fsp3) is 0.944. The molecular formula is C18H32. The molecule has 104 valence electrons. The molecule has 2 fully saturated rings. The van der Waals surface area contributed by atoms with Gasteiger partial charge in [-0.25, -0.2) is 0 Å². The largest absolute Gasteiger partial charge is 0.0654 e. The standard InChI is InChI=1S/C18H32/c1-2-3-4-9-14-18(15-10-6-11-16-18)17-12-7-5-8-13-17/h17H,2-13,15-16H2,1H3. The molecule has 2 aliphatic carbocycles. The van der Waals surface area contributed by atoms with Crippen LogP contribution < -0.4 is 0 Å².